The van der Waals surface area contributed by atoms with E-state index in [0.29, 0.717) is 12.0 Å². The quantitative estimate of drug-likeness (QED) is 0.705. The Morgan fingerprint density at radius 3 is 2.69 bits per heavy atom. The maximum Gasteiger partial charge on any atom is 0.236 e. The van der Waals surface area contributed by atoms with E-state index in [0.717, 1.165) is 26.1 Å². The average molecular weight is 184 g/mol. The summed E-state index contributed by atoms with van der Waals surface area (Å²) in [6, 6.07) is 0. The molecule has 0 atom stereocenters. The number of carbonyl (C=O) groups is 1. The van der Waals surface area contributed by atoms with Gasteiger partial charge in [-0.25, -0.2) is 0 Å². The second kappa shape index (κ2) is 4.09. The van der Waals surface area contributed by atoms with Crippen LogP contribution in [-0.2, 0) is 4.79 Å². The second-order valence-corrected chi connectivity index (χ2v) is 4.51. The number of nitrogens with one attached hydrogen (secondary N) is 1. The molecule has 0 bridgehead atoms. The average Bonchev–Trinajstić information content (AvgIpc) is 2.42. The molecule has 13 heavy (non-hydrogen) atoms. The Labute approximate surface area is 80.5 Å². The Morgan fingerprint density at radius 2 is 2.23 bits per heavy atom. The molecule has 1 amide bonds. The van der Waals surface area contributed by atoms with Crippen LogP contribution in [0, 0.1) is 5.41 Å². The van der Waals surface area contributed by atoms with E-state index in [1.54, 1.807) is 0 Å². The van der Waals surface area contributed by atoms with Crippen LogP contribution in [-0.4, -0.2) is 37.0 Å². The normalized spacial score (nSPS) is 20.7. The molecule has 0 aliphatic carbocycles. The lowest BCUT2D eigenvalue weighted by molar-refractivity contribution is -0.129. The van der Waals surface area contributed by atoms with Gasteiger partial charge in [0.15, 0.2) is 0 Å². The molecule has 0 aromatic heterocycles. The van der Waals surface area contributed by atoms with Gasteiger partial charge in [-0.05, 0) is 18.4 Å². The van der Waals surface area contributed by atoms with E-state index >= 15 is 0 Å². The molecule has 0 saturated carbocycles. The third kappa shape index (κ3) is 2.99. The molecule has 1 heterocycles. The van der Waals surface area contributed by atoms with Gasteiger partial charge in [-0.15, -0.1) is 0 Å². The standard InChI is InChI=1S/C10H20N2O/c1-4-11-7-9(13)12-6-5-10(2,3)8-12/h11H,4-8H2,1-3H3. The zero-order valence-electron chi connectivity index (χ0n) is 8.89. The largest absolute Gasteiger partial charge is 0.341 e. The summed E-state index contributed by atoms with van der Waals surface area (Å²) in [6.45, 7) is 9.65. The van der Waals surface area contributed by atoms with E-state index in [1.165, 1.54) is 0 Å². The Bertz CT molecular complexity index is 189. The van der Waals surface area contributed by atoms with Crippen molar-refractivity contribution in [2.45, 2.75) is 27.2 Å². The van der Waals surface area contributed by atoms with E-state index in [9.17, 15) is 4.79 Å². The van der Waals surface area contributed by atoms with Crippen molar-refractivity contribution in [3.8, 4) is 0 Å². The number of nitrogens with zero attached hydrogens (tertiary/aromatic N) is 1. The van der Waals surface area contributed by atoms with E-state index in [2.05, 4.69) is 19.2 Å². The SMILES string of the molecule is CCNCC(=O)N1CCC(C)(C)C1. The first kappa shape index (κ1) is 10.5. The van der Waals surface area contributed by atoms with Gasteiger partial charge in [0, 0.05) is 13.1 Å². The topological polar surface area (TPSA) is 32.3 Å². The monoisotopic (exact) mass is 184 g/mol. The summed E-state index contributed by atoms with van der Waals surface area (Å²) in [7, 11) is 0. The molecule has 1 aliphatic rings. The Balaban J connectivity index is 2.33. The fraction of sp³-hybridized carbons (Fsp3) is 0.900. The second-order valence-electron chi connectivity index (χ2n) is 4.51. The molecule has 1 aliphatic heterocycles. The molecule has 0 aromatic rings. The maximum absolute atomic E-state index is 11.6. The van der Waals surface area contributed by atoms with Crippen LogP contribution in [0.25, 0.3) is 0 Å². The van der Waals surface area contributed by atoms with Gasteiger partial charge in [0.2, 0.25) is 5.91 Å². The molecule has 76 valence electrons. The first-order valence-corrected chi connectivity index (χ1v) is 5.04. The molecule has 0 unspecified atom stereocenters. The summed E-state index contributed by atoms with van der Waals surface area (Å²) in [6.07, 6.45) is 1.13. The smallest absolute Gasteiger partial charge is 0.236 e. The van der Waals surface area contributed by atoms with Gasteiger partial charge >= 0.3 is 0 Å². The highest BCUT2D eigenvalue weighted by molar-refractivity contribution is 5.78. The molecular weight excluding hydrogens is 164 g/mol. The van der Waals surface area contributed by atoms with Crippen molar-refractivity contribution in [2.24, 2.45) is 5.41 Å². The van der Waals surface area contributed by atoms with Crippen LogP contribution in [0.5, 0.6) is 0 Å². The van der Waals surface area contributed by atoms with Gasteiger partial charge in [0.25, 0.3) is 0 Å². The van der Waals surface area contributed by atoms with Crippen LogP contribution >= 0.6 is 0 Å². The van der Waals surface area contributed by atoms with Crippen molar-refractivity contribution in [3.63, 3.8) is 0 Å². The van der Waals surface area contributed by atoms with E-state index < -0.39 is 0 Å². The zero-order chi connectivity index (χ0) is 9.90. The highest BCUT2D eigenvalue weighted by atomic mass is 16.2. The molecule has 1 fully saturated rings. The summed E-state index contributed by atoms with van der Waals surface area (Å²) in [4.78, 5) is 13.5. The number of likely N-dealkylation sites (tertiary alicyclic amines) is 1. The highest BCUT2D eigenvalue weighted by Crippen LogP contribution is 2.28. The molecular formula is C10H20N2O. The molecule has 1 saturated heterocycles. The van der Waals surface area contributed by atoms with Gasteiger partial charge in [-0.2, -0.15) is 0 Å². The predicted molar refractivity (Wildman–Crippen MR) is 53.5 cm³/mol. The van der Waals surface area contributed by atoms with Crippen LogP contribution in [0.15, 0.2) is 0 Å². The number of rotatable bonds is 3. The summed E-state index contributed by atoms with van der Waals surface area (Å²) < 4.78 is 0. The van der Waals surface area contributed by atoms with Gasteiger partial charge in [0.1, 0.15) is 0 Å². The molecule has 0 aromatic carbocycles. The van der Waals surface area contributed by atoms with Crippen molar-refractivity contribution in [3.05, 3.63) is 0 Å². The van der Waals surface area contributed by atoms with Gasteiger partial charge in [-0.3, -0.25) is 4.79 Å². The van der Waals surface area contributed by atoms with Gasteiger partial charge < -0.3 is 10.2 Å². The van der Waals surface area contributed by atoms with Crippen LogP contribution in [0.2, 0.25) is 0 Å². The third-order valence-electron chi connectivity index (χ3n) is 2.56. The number of likely N-dealkylation sites (N-methyl/N-ethyl adjacent to an activating group) is 1. The van der Waals surface area contributed by atoms with Crippen molar-refractivity contribution in [1.29, 1.82) is 0 Å². The fourth-order valence-corrected chi connectivity index (χ4v) is 1.67. The Morgan fingerprint density at radius 1 is 1.54 bits per heavy atom. The summed E-state index contributed by atoms with van der Waals surface area (Å²) in [5.74, 6) is 0.243. The number of amides is 1. The zero-order valence-corrected chi connectivity index (χ0v) is 8.89. The Hall–Kier alpha value is -0.570. The lowest BCUT2D eigenvalue weighted by atomic mass is 9.93. The molecule has 1 N–H and O–H groups in total. The van der Waals surface area contributed by atoms with E-state index in [4.69, 9.17) is 0 Å². The van der Waals surface area contributed by atoms with Crippen LogP contribution in [0.4, 0.5) is 0 Å². The van der Waals surface area contributed by atoms with Crippen molar-refractivity contribution < 1.29 is 4.79 Å². The third-order valence-corrected chi connectivity index (χ3v) is 2.56. The van der Waals surface area contributed by atoms with Crippen LogP contribution in [0.1, 0.15) is 27.2 Å². The summed E-state index contributed by atoms with van der Waals surface area (Å²) in [5, 5.41) is 3.06. The van der Waals surface area contributed by atoms with Crippen LogP contribution in [0.3, 0.4) is 0 Å². The van der Waals surface area contributed by atoms with E-state index in [-0.39, 0.29) is 5.91 Å². The first-order chi connectivity index (χ1) is 6.05. The first-order valence-electron chi connectivity index (χ1n) is 5.04. The number of hydrogen-bond donors (Lipinski definition) is 1. The molecule has 0 spiro atoms. The Kier molecular flexibility index (Phi) is 3.31. The minimum atomic E-state index is 0.243. The molecule has 0 radical (unpaired) electrons. The minimum Gasteiger partial charge on any atom is -0.341 e. The van der Waals surface area contributed by atoms with Crippen molar-refractivity contribution in [1.82, 2.24) is 10.2 Å². The lowest BCUT2D eigenvalue weighted by Crippen LogP contribution is -2.37. The minimum absolute atomic E-state index is 0.243. The summed E-state index contributed by atoms with van der Waals surface area (Å²) >= 11 is 0. The van der Waals surface area contributed by atoms with Gasteiger partial charge in [-0.1, -0.05) is 20.8 Å². The summed E-state index contributed by atoms with van der Waals surface area (Å²) in [5.41, 5.74) is 0.321. The number of carbonyl (C=O) groups excluding carboxylic acids is 1. The molecule has 3 nitrogen and oxygen atoms in total. The highest BCUT2D eigenvalue weighted by Gasteiger charge is 2.31. The van der Waals surface area contributed by atoms with E-state index in [1.807, 2.05) is 11.8 Å². The van der Waals surface area contributed by atoms with Gasteiger partial charge in [0.05, 0.1) is 6.54 Å². The molecule has 3 heteroatoms. The van der Waals surface area contributed by atoms with Crippen LogP contribution < -0.4 is 5.32 Å². The van der Waals surface area contributed by atoms with Crippen molar-refractivity contribution in [2.75, 3.05) is 26.2 Å². The lowest BCUT2D eigenvalue weighted by Gasteiger charge is -2.19. The molecule has 1 rings (SSSR count). The number of hydrogen-bond acceptors (Lipinski definition) is 2. The predicted octanol–water partition coefficient (Wildman–Crippen LogP) is 0.854. The fourth-order valence-electron chi connectivity index (χ4n) is 1.67. The maximum atomic E-state index is 11.6. The van der Waals surface area contributed by atoms with Crippen molar-refractivity contribution >= 4 is 5.91 Å².